The second kappa shape index (κ2) is 45.5. The number of rotatable bonds is 33. The summed E-state index contributed by atoms with van der Waals surface area (Å²) in [5.74, 6) is -4.78. The highest BCUT2D eigenvalue weighted by Crippen LogP contribution is 2.42. The fraction of sp³-hybridized carbons (Fsp3) is 0.929. The minimum absolute atomic E-state index is 0.831. The molecule has 10 aliphatic rings. The molecule has 0 aromatic heterocycles. The van der Waals surface area contributed by atoms with E-state index < -0.39 is 402 Å². The van der Waals surface area contributed by atoms with E-state index in [-0.39, 0.29) is 0 Å². The Kier molecular flexibility index (Phi) is 37.4. The van der Waals surface area contributed by atoms with Gasteiger partial charge in [0, 0.05) is 34.6 Å². The van der Waals surface area contributed by atoms with Gasteiger partial charge in [0.1, 0.15) is 244 Å². The molecule has 50 atom stereocenters. The lowest BCUT2D eigenvalue weighted by Crippen LogP contribution is -2.72. The number of aliphatic hydroxyl groups is 27. The average Bonchev–Trinajstić information content (AvgIpc) is 0.753. The Balaban J connectivity index is 1.13. The molecule has 0 spiro atoms. The second-order valence-electron chi connectivity index (χ2n) is 31.7. The summed E-state index contributed by atoms with van der Waals surface area (Å²) in [6.07, 6.45) is -99.4. The van der Waals surface area contributed by atoms with E-state index in [9.17, 15) is 162 Å². The van der Waals surface area contributed by atoms with Crippen LogP contribution in [0.2, 0.25) is 0 Å². The monoisotopic (exact) mass is 1840 g/mol. The lowest BCUT2D eigenvalue weighted by molar-refractivity contribution is -0.412. The molecule has 56 nitrogen and oxygen atoms in total. The maximum Gasteiger partial charge on any atom is 0.217 e. The van der Waals surface area contributed by atoms with Gasteiger partial charge in [0.15, 0.2) is 62.9 Å². The molecule has 0 radical (unpaired) electrons. The molecule has 10 aliphatic heterocycles. The maximum atomic E-state index is 13.5. The van der Waals surface area contributed by atoms with Gasteiger partial charge in [0.25, 0.3) is 0 Å². The number of amides is 5. The molecule has 0 aromatic rings. The van der Waals surface area contributed by atoms with Crippen LogP contribution in [-0.4, -0.2) is 540 Å². The first-order chi connectivity index (χ1) is 59.6. The topological polar surface area (TPSA) is 867 Å². The molecule has 10 fully saturated rings. The van der Waals surface area contributed by atoms with E-state index in [0.29, 0.717) is 0 Å². The fourth-order valence-corrected chi connectivity index (χ4v) is 16.3. The first kappa shape index (κ1) is 104. The summed E-state index contributed by atoms with van der Waals surface area (Å²) in [5, 5.41) is 317. The smallest absolute Gasteiger partial charge is 0.217 e. The number of carbonyl (C=O) groups is 5. The minimum atomic E-state index is -2.82. The number of nitrogens with one attached hydrogen (secondary N) is 5. The molecule has 0 aliphatic carbocycles. The number of ether oxygens (including phenoxy) is 19. The second-order valence-corrected chi connectivity index (χ2v) is 31.7. The lowest BCUT2D eigenvalue weighted by atomic mass is 9.93. The van der Waals surface area contributed by atoms with Gasteiger partial charge in [-0.25, -0.2) is 0 Å². The minimum Gasteiger partial charge on any atom is -0.394 e. The highest BCUT2D eigenvalue weighted by atomic mass is 16.8. The van der Waals surface area contributed by atoms with Gasteiger partial charge in [-0.15, -0.1) is 0 Å². The average molecular weight is 1840 g/mol. The molecule has 0 saturated carbocycles. The van der Waals surface area contributed by atoms with Gasteiger partial charge < -0.3 is 254 Å². The Bertz CT molecular complexity index is 3440. The van der Waals surface area contributed by atoms with Crippen LogP contribution in [0.3, 0.4) is 0 Å². The fourth-order valence-electron chi connectivity index (χ4n) is 16.3. The number of carbonyl (C=O) groups excluding carboxylic acids is 5. The van der Waals surface area contributed by atoms with Crippen LogP contribution in [0.15, 0.2) is 0 Å². The summed E-state index contributed by atoms with van der Waals surface area (Å²) in [6.45, 7) is -7.12. The normalized spacial score (nSPS) is 48.4. The molecule has 10 heterocycles. The van der Waals surface area contributed by atoms with Crippen LogP contribution in [0.1, 0.15) is 34.6 Å². The van der Waals surface area contributed by atoms with Gasteiger partial charge in [-0.2, -0.15) is 0 Å². The first-order valence-electron chi connectivity index (χ1n) is 40.1. The molecular formula is C70H117N5O51. The zero-order valence-electron chi connectivity index (χ0n) is 67.8. The van der Waals surface area contributed by atoms with E-state index in [2.05, 4.69) is 26.6 Å². The molecule has 10 rings (SSSR count). The van der Waals surface area contributed by atoms with Gasteiger partial charge in [0.2, 0.25) is 29.5 Å². The molecule has 0 bridgehead atoms. The quantitative estimate of drug-likeness (QED) is 0.0290. The molecule has 728 valence electrons. The van der Waals surface area contributed by atoms with Crippen LogP contribution in [0.4, 0.5) is 0 Å². The molecular weight excluding hydrogens is 1730 g/mol. The third-order valence-electron chi connectivity index (χ3n) is 22.9. The zero-order chi connectivity index (χ0) is 92.8. The summed E-state index contributed by atoms with van der Waals surface area (Å²) in [4.78, 5) is 64.6. The third kappa shape index (κ3) is 23.1. The molecule has 126 heavy (non-hydrogen) atoms. The van der Waals surface area contributed by atoms with Gasteiger partial charge in [0.05, 0.1) is 66.1 Å². The highest BCUT2D eigenvalue weighted by Gasteiger charge is 2.63. The molecule has 5 amide bonds. The van der Waals surface area contributed by atoms with E-state index in [1.54, 1.807) is 0 Å². The van der Waals surface area contributed by atoms with Crippen molar-refractivity contribution in [3.8, 4) is 0 Å². The summed E-state index contributed by atoms with van der Waals surface area (Å²) in [5.41, 5.74) is 0. The van der Waals surface area contributed by atoms with E-state index >= 15 is 0 Å². The standard InChI is InChI=1S/C70H117N5O51/c1-16(84)71-31-45(98)54(26(11-81)110-61(31)107)120-65-35(75-20(5)88)46(99)55(27(12-82)116-65)122-69-53(106)59(125-70-60(126-64-34(74-19(4)87)44(97)38(91)23(8-78)113-64)51(104)56(28(13-83)117-70)121-62-32(72-17(2)85)42(95)36(89)21(6-76)111-62)57(123-63-33(73-18(3)86)43(96)37(90)22(7-77)112-63)30(119-69)15-109-67-52(105)58(124-68-50(103)48(101)40(93)25(10-80)115-68)41(94)29(118-67)14-108-66-49(102)47(100)39(92)24(9-79)114-66/h21-70,76-83,89-107H,6-15H2,1-5H3,(H,71,84)(H,72,85)(H,73,86)(H,74,87)(H,75,88)/t21-,22-,23-,24-,25-,26-,27-,28-,29-,30-,31-,32-,33-,34-,35-,36-,37-,38-,39-,40-,41-,42-,43-,44-,45-,46-,47+,48+,49+,50+,51+,52+,53+,54-,55-,56-,57-,58+,59-,60+,61-,62+,63+,64+,65+,66+,67+,68-,69+,70-/m1/s1. The molecule has 0 aromatic carbocycles. The van der Waals surface area contributed by atoms with Crippen molar-refractivity contribution in [2.24, 2.45) is 0 Å². The van der Waals surface area contributed by atoms with Crippen LogP contribution in [0, 0.1) is 0 Å². The van der Waals surface area contributed by atoms with Gasteiger partial charge in [-0.3, -0.25) is 24.0 Å². The summed E-state index contributed by atoms with van der Waals surface area (Å²) in [6, 6.07) is -9.71. The molecule has 32 N–H and O–H groups in total. The van der Waals surface area contributed by atoms with Crippen molar-refractivity contribution in [3.05, 3.63) is 0 Å². The largest absolute Gasteiger partial charge is 0.394 e. The van der Waals surface area contributed by atoms with E-state index in [4.69, 9.17) is 90.0 Å². The van der Waals surface area contributed by atoms with E-state index in [1.807, 2.05) is 0 Å². The predicted molar refractivity (Wildman–Crippen MR) is 388 cm³/mol. The van der Waals surface area contributed by atoms with Crippen LogP contribution >= 0.6 is 0 Å². The van der Waals surface area contributed by atoms with Crippen molar-refractivity contribution < 1.29 is 252 Å². The number of aliphatic hydroxyl groups excluding tert-OH is 27. The van der Waals surface area contributed by atoms with Gasteiger partial charge in [-0.1, -0.05) is 0 Å². The van der Waals surface area contributed by atoms with Crippen molar-refractivity contribution in [2.75, 3.05) is 66.1 Å². The van der Waals surface area contributed by atoms with Crippen molar-refractivity contribution >= 4 is 29.5 Å². The first-order valence-corrected chi connectivity index (χ1v) is 40.1. The van der Waals surface area contributed by atoms with Crippen molar-refractivity contribution in [1.82, 2.24) is 26.6 Å². The number of hydrogen-bond donors (Lipinski definition) is 32. The summed E-state index contributed by atoms with van der Waals surface area (Å²) in [7, 11) is 0. The Morgan fingerprint density at radius 3 is 0.873 bits per heavy atom. The van der Waals surface area contributed by atoms with E-state index in [0.717, 1.165) is 34.6 Å². The van der Waals surface area contributed by atoms with Gasteiger partial charge in [-0.05, 0) is 0 Å². The summed E-state index contributed by atoms with van der Waals surface area (Å²) < 4.78 is 116. The Morgan fingerprint density at radius 2 is 0.460 bits per heavy atom. The Labute approximate surface area is 713 Å². The molecule has 10 saturated heterocycles. The van der Waals surface area contributed by atoms with Crippen LogP contribution in [0.25, 0.3) is 0 Å². The number of hydrogen-bond acceptors (Lipinski definition) is 51. The summed E-state index contributed by atoms with van der Waals surface area (Å²) >= 11 is 0. The molecule has 56 heteroatoms. The highest BCUT2D eigenvalue weighted by molar-refractivity contribution is 5.75. The zero-order valence-corrected chi connectivity index (χ0v) is 67.8. The van der Waals surface area contributed by atoms with E-state index in [1.165, 1.54) is 0 Å². The Hall–Kier alpha value is -4.49. The Morgan fingerprint density at radius 1 is 0.206 bits per heavy atom. The van der Waals surface area contributed by atoms with Crippen LogP contribution in [-0.2, 0) is 114 Å². The van der Waals surface area contributed by atoms with Crippen molar-refractivity contribution in [1.29, 1.82) is 0 Å². The predicted octanol–water partition coefficient (Wildman–Crippen LogP) is -22.1. The lowest BCUT2D eigenvalue weighted by Gasteiger charge is -2.53. The molecule has 0 unspecified atom stereocenters. The maximum absolute atomic E-state index is 13.5. The van der Waals surface area contributed by atoms with Crippen molar-refractivity contribution in [3.63, 3.8) is 0 Å². The van der Waals surface area contributed by atoms with Crippen LogP contribution < -0.4 is 26.6 Å². The van der Waals surface area contributed by atoms with Crippen molar-refractivity contribution in [2.45, 2.75) is 341 Å². The van der Waals surface area contributed by atoms with Crippen LogP contribution in [0.5, 0.6) is 0 Å². The SMILES string of the molecule is CC(=O)N[C@@H]1[C@@H](O)[C@H](O[C@@H]2O[C@H](CO)[C@@H](O[C@@H]3O[C@H](CO[C@H]4O[C@H](CO[C@H]5O[C@H](CO)[C@@H](O)[C@H](O)[C@@H]5O)[C@@H](O)[C@H](O[C@H]5O[C@H](CO)[C@@H](O)[C@H](O)[C@@H]5O)[C@@H]4O)[C@@H](O[C@@H]4O[C@H](CO)[C@@H](O)[C@H](O)[C@H]4NC(C)=O)[C@H](O[C@H]4O[C@H](CO)[C@@H](O[C@@H]5O[C@H](CO)[C@@H](O)[C@H](O)[C@H]5NC(C)=O)[C@H](O)[C@@H]4O[C@@H]4O[C@H](CO)[C@@H](O)[C@H](O)[C@H]4NC(C)=O)[C@@H]3O)[C@H](O)[C@H]2NC(C)=O)[C@@H](CO)O[C@H]1O. The van der Waals surface area contributed by atoms with Gasteiger partial charge >= 0.3 is 0 Å². The third-order valence-corrected chi connectivity index (χ3v) is 22.9.